The fourth-order valence-corrected chi connectivity index (χ4v) is 5.64. The van der Waals surface area contributed by atoms with Crippen LogP contribution < -0.4 is 4.57 Å². The van der Waals surface area contributed by atoms with E-state index < -0.39 is 0 Å². The van der Waals surface area contributed by atoms with Gasteiger partial charge in [-0.25, -0.2) is 4.57 Å². The van der Waals surface area contributed by atoms with Crippen LogP contribution in [0, 0.1) is 12.8 Å². The number of methoxy groups -OCH3 is 1. The molecule has 1 aliphatic carbocycles. The Morgan fingerprint density at radius 1 is 0.853 bits per heavy atom. The minimum absolute atomic E-state index is 0.471. The summed E-state index contributed by atoms with van der Waals surface area (Å²) in [6.45, 7) is 12.0. The molecule has 1 aliphatic rings. The summed E-state index contributed by atoms with van der Waals surface area (Å²) in [7, 11) is 3.97. The highest BCUT2D eigenvalue weighted by Gasteiger charge is 2.30. The average molecular weight is 451 g/mol. The Kier molecular flexibility index (Phi) is 5.81. The second-order valence-electron chi connectivity index (χ2n) is 10.7. The molecule has 0 unspecified atom stereocenters. The number of nitrogens with zero attached hydrogens (tertiary/aromatic N) is 1. The molecule has 4 aromatic rings. The van der Waals surface area contributed by atoms with Crippen LogP contribution in [0.5, 0.6) is 0 Å². The molecule has 0 aliphatic heterocycles. The Morgan fingerprint density at radius 2 is 1.65 bits per heavy atom. The molecule has 0 radical (unpaired) electrons. The van der Waals surface area contributed by atoms with Gasteiger partial charge in [0.2, 0.25) is 5.69 Å². The monoisotopic (exact) mass is 450 g/mol. The highest BCUT2D eigenvalue weighted by atomic mass is 16.5. The van der Waals surface area contributed by atoms with Crippen molar-refractivity contribution in [3.63, 3.8) is 0 Å². The van der Waals surface area contributed by atoms with Crippen LogP contribution in [0.3, 0.4) is 0 Å². The van der Waals surface area contributed by atoms with Crippen molar-refractivity contribution in [1.82, 2.24) is 0 Å². The van der Waals surface area contributed by atoms with Crippen LogP contribution in [0.15, 0.2) is 54.7 Å². The minimum Gasteiger partial charge on any atom is -0.380 e. The van der Waals surface area contributed by atoms with Gasteiger partial charge in [-0.05, 0) is 75.6 Å². The highest BCUT2D eigenvalue weighted by molar-refractivity contribution is 6.12. The molecule has 2 heteroatoms. The number of aromatic nitrogens is 1. The fourth-order valence-electron chi connectivity index (χ4n) is 5.64. The van der Waals surface area contributed by atoms with Crippen LogP contribution in [0.25, 0.3) is 44.3 Å². The van der Waals surface area contributed by atoms with Crippen molar-refractivity contribution in [2.45, 2.75) is 53.6 Å². The van der Waals surface area contributed by atoms with E-state index in [2.05, 4.69) is 101 Å². The van der Waals surface area contributed by atoms with Crippen LogP contribution in [-0.4, -0.2) is 7.11 Å². The summed E-state index contributed by atoms with van der Waals surface area (Å²) in [5.74, 6) is 1.09. The molecule has 0 saturated heterocycles. The highest BCUT2D eigenvalue weighted by Crippen LogP contribution is 2.49. The zero-order chi connectivity index (χ0) is 24.1. The van der Waals surface area contributed by atoms with E-state index in [1.807, 2.05) is 0 Å². The van der Waals surface area contributed by atoms with Crippen LogP contribution in [0.4, 0.5) is 0 Å². The number of aryl methyl sites for hydroxylation is 2. The predicted molar refractivity (Wildman–Crippen MR) is 143 cm³/mol. The van der Waals surface area contributed by atoms with Gasteiger partial charge < -0.3 is 4.74 Å². The molecule has 0 amide bonds. The first-order chi connectivity index (χ1) is 16.3. The Labute approximate surface area is 204 Å². The van der Waals surface area contributed by atoms with Gasteiger partial charge in [-0.15, -0.1) is 0 Å². The van der Waals surface area contributed by atoms with Gasteiger partial charge in [-0.3, -0.25) is 0 Å². The van der Waals surface area contributed by atoms with Gasteiger partial charge in [-0.2, -0.15) is 0 Å². The number of benzene rings is 3. The van der Waals surface area contributed by atoms with Crippen molar-refractivity contribution in [3.8, 4) is 33.5 Å². The van der Waals surface area contributed by atoms with Crippen molar-refractivity contribution in [2.75, 3.05) is 7.11 Å². The summed E-state index contributed by atoms with van der Waals surface area (Å²) >= 11 is 0. The first kappa shape index (κ1) is 22.8. The Hall–Kier alpha value is -2.97. The molecule has 0 atom stereocenters. The molecule has 0 bridgehead atoms. The molecular formula is C32H36NO+. The van der Waals surface area contributed by atoms with E-state index in [4.69, 9.17) is 4.74 Å². The van der Waals surface area contributed by atoms with E-state index in [-0.39, 0.29) is 0 Å². The number of hydrogen-bond donors (Lipinski definition) is 0. The van der Waals surface area contributed by atoms with Gasteiger partial charge in [0.1, 0.15) is 7.05 Å². The van der Waals surface area contributed by atoms with Crippen LogP contribution in [-0.2, 0) is 24.8 Å². The summed E-state index contributed by atoms with van der Waals surface area (Å²) in [5, 5.41) is 2.65. The van der Waals surface area contributed by atoms with E-state index in [1.165, 1.54) is 66.5 Å². The zero-order valence-corrected chi connectivity index (χ0v) is 21.6. The molecule has 174 valence electrons. The van der Waals surface area contributed by atoms with Crippen molar-refractivity contribution < 1.29 is 9.30 Å². The lowest BCUT2D eigenvalue weighted by molar-refractivity contribution is -0.659. The third-order valence-corrected chi connectivity index (χ3v) is 7.13. The third kappa shape index (κ3) is 3.75. The van der Waals surface area contributed by atoms with E-state index in [0.717, 1.165) is 6.42 Å². The first-order valence-electron chi connectivity index (χ1n) is 12.5. The van der Waals surface area contributed by atoms with E-state index in [9.17, 15) is 0 Å². The Bertz CT molecular complexity index is 1410. The zero-order valence-electron chi connectivity index (χ0n) is 21.6. The summed E-state index contributed by atoms with van der Waals surface area (Å²) in [6, 6.07) is 18.9. The van der Waals surface area contributed by atoms with Gasteiger partial charge >= 0.3 is 0 Å². The van der Waals surface area contributed by atoms with E-state index >= 15 is 0 Å². The number of hydrogen-bond acceptors (Lipinski definition) is 1. The fraction of sp³-hybridized carbons (Fsp3) is 0.344. The number of ether oxygens (including phenoxy) is 1. The second kappa shape index (κ2) is 8.67. The van der Waals surface area contributed by atoms with Gasteiger partial charge in [0.05, 0.1) is 17.6 Å². The summed E-state index contributed by atoms with van der Waals surface area (Å²) in [6.07, 6.45) is 3.30. The van der Waals surface area contributed by atoms with Crippen molar-refractivity contribution >= 4 is 10.8 Å². The molecule has 5 rings (SSSR count). The van der Waals surface area contributed by atoms with Gasteiger partial charge in [-0.1, -0.05) is 69.7 Å². The molecule has 0 spiro atoms. The Balaban J connectivity index is 1.99. The molecule has 1 aromatic heterocycles. The van der Waals surface area contributed by atoms with Gasteiger partial charge in [0.25, 0.3) is 0 Å². The smallest absolute Gasteiger partial charge is 0.221 e. The average Bonchev–Trinajstić information content (AvgIpc) is 2.90. The number of rotatable bonds is 5. The molecule has 0 saturated carbocycles. The molecular weight excluding hydrogens is 414 g/mol. The number of pyridine rings is 1. The molecule has 34 heavy (non-hydrogen) atoms. The molecule has 0 fully saturated rings. The first-order valence-corrected chi connectivity index (χ1v) is 12.5. The van der Waals surface area contributed by atoms with Crippen molar-refractivity contribution in [3.05, 3.63) is 77.0 Å². The molecule has 3 aromatic carbocycles. The third-order valence-electron chi connectivity index (χ3n) is 7.13. The minimum atomic E-state index is 0.471. The van der Waals surface area contributed by atoms with Crippen LogP contribution in [0.2, 0.25) is 0 Å². The molecule has 1 heterocycles. The topological polar surface area (TPSA) is 13.1 Å². The predicted octanol–water partition coefficient (Wildman–Crippen LogP) is 7.76. The Morgan fingerprint density at radius 3 is 2.35 bits per heavy atom. The quantitative estimate of drug-likeness (QED) is 0.249. The van der Waals surface area contributed by atoms with E-state index in [0.29, 0.717) is 18.4 Å². The maximum absolute atomic E-state index is 5.72. The summed E-state index contributed by atoms with van der Waals surface area (Å²) in [5.41, 5.74) is 13.2. The summed E-state index contributed by atoms with van der Waals surface area (Å²) in [4.78, 5) is 0. The molecule has 0 N–H and O–H groups in total. The second-order valence-corrected chi connectivity index (χ2v) is 10.7. The number of fused-ring (bicyclic) bond motifs is 5. The molecule has 2 nitrogen and oxygen atoms in total. The van der Waals surface area contributed by atoms with Gasteiger partial charge in [0.15, 0.2) is 6.20 Å². The lowest BCUT2D eigenvalue weighted by Gasteiger charge is -2.16. The van der Waals surface area contributed by atoms with E-state index in [1.54, 1.807) is 7.11 Å². The maximum Gasteiger partial charge on any atom is 0.221 e. The normalized spacial score (nSPS) is 12.3. The van der Waals surface area contributed by atoms with Crippen molar-refractivity contribution in [2.24, 2.45) is 13.0 Å². The largest absolute Gasteiger partial charge is 0.380 e. The van der Waals surface area contributed by atoms with Crippen LogP contribution >= 0.6 is 0 Å². The van der Waals surface area contributed by atoms with Crippen LogP contribution in [0.1, 0.15) is 55.9 Å². The standard InChI is InChI=1S/C32H36NO/c1-19(2)12-22-8-9-26-27(15-22)28-14-21(5)13-25(18-34-7)31(28)32-30-23(10-11-33(32)6)16-24(20(3)4)17-29(26)30/h8-11,13-17,19-20H,12,18H2,1-7H3/q+1. The lowest BCUT2D eigenvalue weighted by atomic mass is 9.87. The SMILES string of the molecule is COCc1cc(C)cc2c1-c1c3c(cc(C(C)C)cc3cc[n+]1C)-c1ccc(CC(C)C)cc1-2. The van der Waals surface area contributed by atoms with Gasteiger partial charge in [0, 0.05) is 13.2 Å². The summed E-state index contributed by atoms with van der Waals surface area (Å²) < 4.78 is 8.02. The lowest BCUT2D eigenvalue weighted by Crippen LogP contribution is -2.31. The van der Waals surface area contributed by atoms with Crippen molar-refractivity contribution in [1.29, 1.82) is 0 Å². The maximum atomic E-state index is 5.72.